The largest absolute Gasteiger partial charge is 0.363 e. The predicted octanol–water partition coefficient (Wildman–Crippen LogP) is 2.17. The van der Waals surface area contributed by atoms with Gasteiger partial charge in [0.2, 0.25) is 10.0 Å². The summed E-state index contributed by atoms with van der Waals surface area (Å²) in [6.07, 6.45) is 1.48. The van der Waals surface area contributed by atoms with Crippen LogP contribution in [-0.4, -0.2) is 30.3 Å². The van der Waals surface area contributed by atoms with Crippen molar-refractivity contribution in [2.75, 3.05) is 6.54 Å². The molecule has 6 heteroatoms. The van der Waals surface area contributed by atoms with Gasteiger partial charge in [0.1, 0.15) is 0 Å². The van der Waals surface area contributed by atoms with Crippen LogP contribution in [0.25, 0.3) is 0 Å². The first-order chi connectivity index (χ1) is 7.43. The van der Waals surface area contributed by atoms with Crippen molar-refractivity contribution in [1.29, 1.82) is 0 Å². The molecule has 1 aromatic rings. The highest BCUT2D eigenvalue weighted by molar-refractivity contribution is 7.89. The zero-order chi connectivity index (χ0) is 12.3. The Kier molecular flexibility index (Phi) is 4.41. The molecule has 92 valence electrons. The Morgan fingerprint density at radius 3 is 2.50 bits per heavy atom. The molecule has 1 N–H and O–H groups in total. The van der Waals surface area contributed by atoms with Crippen molar-refractivity contribution in [2.24, 2.45) is 0 Å². The van der Waals surface area contributed by atoms with E-state index in [0.717, 1.165) is 0 Å². The van der Waals surface area contributed by atoms with Crippen LogP contribution in [-0.2, 0) is 15.9 Å². The van der Waals surface area contributed by atoms with Gasteiger partial charge in [0.05, 0.1) is 10.8 Å². The van der Waals surface area contributed by atoms with Crippen LogP contribution in [0.4, 0.5) is 0 Å². The number of alkyl halides is 1. The Morgan fingerprint density at radius 2 is 2.12 bits per heavy atom. The minimum absolute atomic E-state index is 0.0515. The Hall–Kier alpha value is -0.520. The molecule has 0 aliphatic heterocycles. The van der Waals surface area contributed by atoms with E-state index in [1.165, 1.54) is 10.5 Å². The lowest BCUT2D eigenvalue weighted by Crippen LogP contribution is -2.36. The Morgan fingerprint density at radius 1 is 1.50 bits per heavy atom. The number of rotatable bonds is 5. The second kappa shape index (κ2) is 5.21. The van der Waals surface area contributed by atoms with E-state index in [1.807, 2.05) is 20.8 Å². The molecule has 1 heterocycles. The monoisotopic (exact) mass is 264 g/mol. The highest BCUT2D eigenvalue weighted by Gasteiger charge is 2.26. The molecule has 1 rings (SSSR count). The Labute approximate surface area is 102 Å². The number of aromatic amines is 1. The van der Waals surface area contributed by atoms with Crippen molar-refractivity contribution in [3.05, 3.63) is 18.0 Å². The van der Waals surface area contributed by atoms with E-state index in [-0.39, 0.29) is 16.8 Å². The van der Waals surface area contributed by atoms with E-state index >= 15 is 0 Å². The van der Waals surface area contributed by atoms with Gasteiger partial charge in [-0.15, -0.1) is 11.6 Å². The Balaban J connectivity index is 3.09. The number of aromatic nitrogens is 1. The maximum absolute atomic E-state index is 12.2. The number of halogens is 1. The first-order valence-corrected chi connectivity index (χ1v) is 7.16. The minimum Gasteiger partial charge on any atom is -0.363 e. The summed E-state index contributed by atoms with van der Waals surface area (Å²) >= 11 is 5.63. The molecule has 0 saturated carbocycles. The summed E-state index contributed by atoms with van der Waals surface area (Å²) in [5.74, 6) is 0.281. The number of sulfonamides is 1. The standard InChI is InChI=1S/C10H17ClN2O2S/c1-4-13(8(2)3)16(14,15)10-5-9(6-11)12-7-10/h5,7-8,12H,4,6H2,1-3H3. The van der Waals surface area contributed by atoms with Gasteiger partial charge in [-0.05, 0) is 19.9 Å². The summed E-state index contributed by atoms with van der Waals surface area (Å²) in [7, 11) is -3.40. The normalized spacial score (nSPS) is 12.6. The fourth-order valence-electron chi connectivity index (χ4n) is 1.59. The van der Waals surface area contributed by atoms with Crippen molar-refractivity contribution in [3.63, 3.8) is 0 Å². The number of hydrogen-bond acceptors (Lipinski definition) is 2. The lowest BCUT2D eigenvalue weighted by atomic mass is 10.4. The van der Waals surface area contributed by atoms with E-state index in [1.54, 1.807) is 6.07 Å². The van der Waals surface area contributed by atoms with Gasteiger partial charge in [-0.3, -0.25) is 0 Å². The highest BCUT2D eigenvalue weighted by atomic mass is 35.5. The van der Waals surface area contributed by atoms with Gasteiger partial charge in [0.25, 0.3) is 0 Å². The summed E-state index contributed by atoms with van der Waals surface area (Å²) < 4.78 is 25.8. The Bertz CT molecular complexity index is 439. The molecule has 0 aliphatic rings. The van der Waals surface area contributed by atoms with Crippen LogP contribution in [0, 0.1) is 0 Å². The molecule has 1 aromatic heterocycles. The minimum atomic E-state index is -3.40. The van der Waals surface area contributed by atoms with Crippen molar-refractivity contribution in [2.45, 2.75) is 37.6 Å². The molecule has 0 unspecified atom stereocenters. The molecular formula is C10H17ClN2O2S. The van der Waals surface area contributed by atoms with Gasteiger partial charge in [-0.2, -0.15) is 4.31 Å². The summed E-state index contributed by atoms with van der Waals surface area (Å²) in [6.45, 7) is 6.00. The van der Waals surface area contributed by atoms with E-state index in [9.17, 15) is 8.42 Å². The van der Waals surface area contributed by atoms with Crippen molar-refractivity contribution in [1.82, 2.24) is 9.29 Å². The van der Waals surface area contributed by atoms with E-state index in [2.05, 4.69) is 4.98 Å². The third-order valence-electron chi connectivity index (χ3n) is 2.35. The van der Waals surface area contributed by atoms with Gasteiger partial charge in [-0.25, -0.2) is 8.42 Å². The molecular weight excluding hydrogens is 248 g/mol. The number of nitrogens with one attached hydrogen (secondary N) is 1. The molecule has 0 bridgehead atoms. The number of nitrogens with zero attached hydrogens (tertiary/aromatic N) is 1. The molecule has 0 radical (unpaired) electrons. The van der Waals surface area contributed by atoms with Crippen LogP contribution >= 0.6 is 11.6 Å². The first kappa shape index (κ1) is 13.5. The molecule has 0 saturated heterocycles. The highest BCUT2D eigenvalue weighted by Crippen LogP contribution is 2.19. The smallest absolute Gasteiger partial charge is 0.244 e. The predicted molar refractivity (Wildman–Crippen MR) is 65.1 cm³/mol. The molecule has 0 spiro atoms. The van der Waals surface area contributed by atoms with Crippen molar-refractivity contribution >= 4 is 21.6 Å². The fraction of sp³-hybridized carbons (Fsp3) is 0.600. The van der Waals surface area contributed by atoms with Crippen LogP contribution in [0.3, 0.4) is 0 Å². The molecule has 0 amide bonds. The maximum atomic E-state index is 12.2. The average Bonchev–Trinajstić information content (AvgIpc) is 2.66. The zero-order valence-corrected chi connectivity index (χ0v) is 11.3. The van der Waals surface area contributed by atoms with Crippen LogP contribution in [0.1, 0.15) is 26.5 Å². The first-order valence-electron chi connectivity index (χ1n) is 5.18. The quantitative estimate of drug-likeness (QED) is 0.829. The van der Waals surface area contributed by atoms with Gasteiger partial charge < -0.3 is 4.98 Å². The van der Waals surface area contributed by atoms with Gasteiger partial charge in [0, 0.05) is 24.5 Å². The van der Waals surface area contributed by atoms with Crippen LogP contribution < -0.4 is 0 Å². The summed E-state index contributed by atoms with van der Waals surface area (Å²) in [5.41, 5.74) is 0.708. The molecule has 0 aliphatic carbocycles. The lowest BCUT2D eigenvalue weighted by molar-refractivity contribution is 0.369. The van der Waals surface area contributed by atoms with Crippen molar-refractivity contribution < 1.29 is 8.42 Å². The van der Waals surface area contributed by atoms with E-state index in [0.29, 0.717) is 12.2 Å². The molecule has 0 atom stereocenters. The SMILES string of the molecule is CCN(C(C)C)S(=O)(=O)c1c[nH]c(CCl)c1. The van der Waals surface area contributed by atoms with Crippen LogP contribution in [0.5, 0.6) is 0 Å². The molecule has 0 aromatic carbocycles. The average molecular weight is 265 g/mol. The summed E-state index contributed by atoms with van der Waals surface area (Å²) in [4.78, 5) is 3.12. The van der Waals surface area contributed by atoms with E-state index in [4.69, 9.17) is 11.6 Å². The van der Waals surface area contributed by atoms with Gasteiger partial charge in [0.15, 0.2) is 0 Å². The third-order valence-corrected chi connectivity index (χ3v) is 4.77. The van der Waals surface area contributed by atoms with Crippen LogP contribution in [0.2, 0.25) is 0 Å². The van der Waals surface area contributed by atoms with E-state index < -0.39 is 10.0 Å². The molecule has 0 fully saturated rings. The molecule has 16 heavy (non-hydrogen) atoms. The second-order valence-electron chi connectivity index (χ2n) is 3.80. The fourth-order valence-corrected chi connectivity index (χ4v) is 3.41. The van der Waals surface area contributed by atoms with Gasteiger partial charge >= 0.3 is 0 Å². The lowest BCUT2D eigenvalue weighted by Gasteiger charge is -2.23. The topological polar surface area (TPSA) is 53.2 Å². The van der Waals surface area contributed by atoms with Crippen LogP contribution in [0.15, 0.2) is 17.2 Å². The molecule has 4 nitrogen and oxygen atoms in total. The second-order valence-corrected chi connectivity index (χ2v) is 5.95. The number of H-pyrrole nitrogens is 1. The number of hydrogen-bond donors (Lipinski definition) is 1. The summed E-state index contributed by atoms with van der Waals surface area (Å²) in [5, 5.41) is 0. The third kappa shape index (κ3) is 2.59. The maximum Gasteiger partial charge on any atom is 0.244 e. The van der Waals surface area contributed by atoms with Crippen molar-refractivity contribution in [3.8, 4) is 0 Å². The van der Waals surface area contributed by atoms with Gasteiger partial charge in [-0.1, -0.05) is 6.92 Å². The summed E-state index contributed by atoms with van der Waals surface area (Å²) in [6, 6.07) is 1.53. The zero-order valence-electron chi connectivity index (χ0n) is 9.70.